The highest BCUT2D eigenvalue weighted by atomic mass is 32.2. The predicted molar refractivity (Wildman–Crippen MR) is 142 cm³/mol. The maximum Gasteiger partial charge on any atom is 0.271 e. The summed E-state index contributed by atoms with van der Waals surface area (Å²) in [6, 6.07) is 16.5. The second kappa shape index (κ2) is 10.3. The van der Waals surface area contributed by atoms with Gasteiger partial charge in [-0.1, -0.05) is 0 Å². The van der Waals surface area contributed by atoms with Gasteiger partial charge in [0.1, 0.15) is 17.3 Å². The highest BCUT2D eigenvalue weighted by Gasteiger charge is 2.16. The molecule has 0 spiro atoms. The number of benzene rings is 2. The lowest BCUT2D eigenvalue weighted by atomic mass is 10.2. The fourth-order valence-corrected chi connectivity index (χ4v) is 4.87. The van der Waals surface area contributed by atoms with Crippen LogP contribution in [0.5, 0.6) is 0 Å². The van der Waals surface area contributed by atoms with E-state index in [2.05, 4.69) is 34.8 Å². The Labute approximate surface area is 218 Å². The highest BCUT2D eigenvalue weighted by Crippen LogP contribution is 2.24. The van der Waals surface area contributed by atoms with E-state index < -0.39 is 10.0 Å². The molecule has 0 saturated heterocycles. The Morgan fingerprint density at radius 3 is 2.58 bits per heavy atom. The summed E-state index contributed by atoms with van der Waals surface area (Å²) in [7, 11) is -3.84. The summed E-state index contributed by atoms with van der Waals surface area (Å²) in [5.41, 5.74) is 5.32. The van der Waals surface area contributed by atoms with Crippen molar-refractivity contribution in [3.63, 3.8) is 0 Å². The number of hydrazone groups is 1. The number of imidazole rings is 1. The Balaban J connectivity index is 1.23. The lowest BCUT2D eigenvalue weighted by Crippen LogP contribution is -2.17. The number of sulfonamides is 1. The molecule has 0 aliphatic rings. The number of furan rings is 1. The van der Waals surface area contributed by atoms with Crippen LogP contribution in [0.1, 0.15) is 28.9 Å². The molecule has 0 aliphatic carbocycles. The van der Waals surface area contributed by atoms with Crippen molar-refractivity contribution in [2.75, 3.05) is 4.72 Å². The van der Waals surface area contributed by atoms with E-state index in [9.17, 15) is 13.2 Å². The van der Waals surface area contributed by atoms with Gasteiger partial charge in [0, 0.05) is 30.1 Å². The van der Waals surface area contributed by atoms with Crippen molar-refractivity contribution in [2.24, 2.45) is 5.10 Å². The minimum absolute atomic E-state index is 0.0125. The van der Waals surface area contributed by atoms with E-state index in [0.29, 0.717) is 22.6 Å². The molecule has 0 fully saturated rings. The summed E-state index contributed by atoms with van der Waals surface area (Å²) >= 11 is 0. The summed E-state index contributed by atoms with van der Waals surface area (Å²) in [5.74, 6) is 1.42. The Bertz CT molecular complexity index is 1740. The van der Waals surface area contributed by atoms with E-state index in [0.717, 1.165) is 23.4 Å². The monoisotopic (exact) mass is 529 g/mol. The number of fused-ring (bicyclic) bond motifs is 1. The summed E-state index contributed by atoms with van der Waals surface area (Å²) in [5, 5.41) is 3.99. The van der Waals surface area contributed by atoms with E-state index in [4.69, 9.17) is 4.42 Å². The van der Waals surface area contributed by atoms with Crippen LogP contribution in [0.2, 0.25) is 0 Å². The van der Waals surface area contributed by atoms with E-state index in [-0.39, 0.29) is 16.8 Å². The van der Waals surface area contributed by atoms with Crippen molar-refractivity contribution < 1.29 is 17.6 Å². The maximum atomic E-state index is 12.6. The van der Waals surface area contributed by atoms with E-state index in [1.807, 2.05) is 19.9 Å². The van der Waals surface area contributed by atoms with Gasteiger partial charge in [0.2, 0.25) is 5.95 Å². The van der Waals surface area contributed by atoms with Crippen molar-refractivity contribution in [1.82, 2.24) is 24.9 Å². The minimum atomic E-state index is -3.84. The Morgan fingerprint density at radius 2 is 1.84 bits per heavy atom. The largest absolute Gasteiger partial charge is 0.455 e. The molecule has 0 unspecified atom stereocenters. The summed E-state index contributed by atoms with van der Waals surface area (Å²) in [6.07, 6.45) is 4.28. The zero-order valence-corrected chi connectivity index (χ0v) is 21.3. The molecule has 5 rings (SSSR count). The number of anilines is 1. The molecule has 38 heavy (non-hydrogen) atoms. The van der Waals surface area contributed by atoms with Gasteiger partial charge in [-0.2, -0.15) is 5.10 Å². The number of aromatic nitrogens is 4. The molecule has 0 radical (unpaired) electrons. The minimum Gasteiger partial charge on any atom is -0.455 e. The molecular weight excluding hydrogens is 506 g/mol. The molecule has 0 aliphatic heterocycles. The van der Waals surface area contributed by atoms with Crippen LogP contribution < -0.4 is 10.1 Å². The van der Waals surface area contributed by atoms with Crippen LogP contribution in [0.25, 0.3) is 22.4 Å². The zero-order chi connectivity index (χ0) is 26.7. The smallest absolute Gasteiger partial charge is 0.271 e. The molecule has 5 aromatic rings. The van der Waals surface area contributed by atoms with Gasteiger partial charge in [0.25, 0.3) is 15.9 Å². The predicted octanol–water partition coefficient (Wildman–Crippen LogP) is 3.98. The van der Waals surface area contributed by atoms with Crippen LogP contribution in [0.4, 0.5) is 5.95 Å². The molecule has 1 amide bonds. The van der Waals surface area contributed by atoms with E-state index >= 15 is 0 Å². The van der Waals surface area contributed by atoms with Gasteiger partial charge in [-0.25, -0.2) is 33.5 Å². The Kier molecular flexibility index (Phi) is 6.71. The number of hydrogen-bond acceptors (Lipinski definition) is 8. The van der Waals surface area contributed by atoms with E-state index in [1.165, 1.54) is 30.7 Å². The molecule has 0 bridgehead atoms. The average molecular weight is 530 g/mol. The third kappa shape index (κ3) is 5.15. The first-order chi connectivity index (χ1) is 18.3. The molecule has 3 heterocycles. The third-order valence-electron chi connectivity index (χ3n) is 5.74. The third-order valence-corrected chi connectivity index (χ3v) is 7.09. The molecule has 11 nitrogen and oxygen atoms in total. The van der Waals surface area contributed by atoms with Crippen molar-refractivity contribution in [3.05, 3.63) is 90.2 Å². The second-order valence-corrected chi connectivity index (χ2v) is 9.89. The van der Waals surface area contributed by atoms with Gasteiger partial charge < -0.3 is 8.98 Å². The number of rotatable bonds is 8. The number of aryl methyl sites for hydroxylation is 2. The maximum absolute atomic E-state index is 12.6. The molecule has 3 aromatic heterocycles. The molecule has 0 saturated carbocycles. The summed E-state index contributed by atoms with van der Waals surface area (Å²) < 4.78 is 35.3. The van der Waals surface area contributed by atoms with Crippen LogP contribution in [0, 0.1) is 6.92 Å². The lowest BCUT2D eigenvalue weighted by Gasteiger charge is -2.06. The quantitative estimate of drug-likeness (QED) is 0.228. The second-order valence-electron chi connectivity index (χ2n) is 8.21. The normalized spacial score (nSPS) is 11.7. The van der Waals surface area contributed by atoms with Gasteiger partial charge >= 0.3 is 0 Å². The first kappa shape index (κ1) is 24.8. The first-order valence-corrected chi connectivity index (χ1v) is 13.1. The number of hydrogen-bond donors (Lipinski definition) is 2. The zero-order valence-electron chi connectivity index (χ0n) is 20.5. The lowest BCUT2D eigenvalue weighted by molar-refractivity contribution is 0.0955. The Hall–Kier alpha value is -4.84. The molecular formula is C26H23N7O4S. The average Bonchev–Trinajstić information content (AvgIpc) is 3.52. The van der Waals surface area contributed by atoms with Crippen molar-refractivity contribution in [1.29, 1.82) is 0 Å². The van der Waals surface area contributed by atoms with Gasteiger partial charge in [0.15, 0.2) is 0 Å². The molecule has 0 atom stereocenters. The van der Waals surface area contributed by atoms with Crippen LogP contribution in [0.15, 0.2) is 87.5 Å². The van der Waals surface area contributed by atoms with Crippen molar-refractivity contribution in [3.8, 4) is 11.3 Å². The van der Waals surface area contributed by atoms with Gasteiger partial charge in [-0.3, -0.25) is 4.79 Å². The molecule has 2 aromatic carbocycles. The molecule has 192 valence electrons. The number of nitrogens with one attached hydrogen (secondary N) is 2. The highest BCUT2D eigenvalue weighted by molar-refractivity contribution is 7.92. The van der Waals surface area contributed by atoms with Gasteiger partial charge in [-0.05, 0) is 74.5 Å². The number of carbonyl (C=O) groups excluding carboxylic acids is 1. The first-order valence-electron chi connectivity index (χ1n) is 11.6. The number of nitrogens with zero attached hydrogens (tertiary/aromatic N) is 5. The van der Waals surface area contributed by atoms with Crippen LogP contribution in [-0.4, -0.2) is 40.1 Å². The molecule has 2 N–H and O–H groups in total. The fraction of sp³-hybridized carbons (Fsp3) is 0.115. The van der Waals surface area contributed by atoms with Crippen molar-refractivity contribution in [2.45, 2.75) is 25.3 Å². The summed E-state index contributed by atoms with van der Waals surface area (Å²) in [6.45, 7) is 4.77. The van der Waals surface area contributed by atoms with Crippen LogP contribution in [-0.2, 0) is 16.6 Å². The number of carbonyl (C=O) groups is 1. The van der Waals surface area contributed by atoms with Gasteiger partial charge in [0.05, 0.1) is 22.1 Å². The van der Waals surface area contributed by atoms with Crippen LogP contribution in [0.3, 0.4) is 0 Å². The topological polar surface area (TPSA) is 144 Å². The fourth-order valence-electron chi connectivity index (χ4n) is 3.92. The SMILES string of the molecule is CCn1c(C)nc2cc(C(=O)NN=Cc3ccc(-c4ccc(S(=O)(=O)Nc5ncccn5)cc4)o3)ccc21. The van der Waals surface area contributed by atoms with Crippen molar-refractivity contribution >= 4 is 39.1 Å². The van der Waals surface area contributed by atoms with Crippen LogP contribution >= 0.6 is 0 Å². The Morgan fingerprint density at radius 1 is 1.08 bits per heavy atom. The number of amides is 1. The standard InChI is InChI=1S/C26H23N7O4S/c1-3-33-17(2)30-22-15-19(7-11-23(22)33)25(34)31-29-16-20-8-12-24(37-20)18-5-9-21(10-6-18)38(35,36)32-26-27-13-4-14-28-26/h4-16H,3H2,1-2H3,(H,31,34)(H,27,28,32). The molecule has 12 heteroatoms. The summed E-state index contributed by atoms with van der Waals surface area (Å²) in [4.78, 5) is 24.8. The van der Waals surface area contributed by atoms with E-state index in [1.54, 1.807) is 42.5 Å². The van der Waals surface area contributed by atoms with Gasteiger partial charge in [-0.15, -0.1) is 0 Å².